The first-order chi connectivity index (χ1) is 18.6. The summed E-state index contributed by atoms with van der Waals surface area (Å²) in [7, 11) is 1.90. The Labute approximate surface area is 217 Å². The number of ketones is 1. The molecule has 0 unspecified atom stereocenters. The number of hydrogen-bond acceptors (Lipinski definition) is 5. The van der Waals surface area contributed by atoms with Crippen LogP contribution in [0.25, 0.3) is 45.2 Å². The summed E-state index contributed by atoms with van der Waals surface area (Å²) in [5.41, 5.74) is 3.28. The Kier molecular flexibility index (Phi) is 4.84. The molecule has 1 aliphatic rings. The van der Waals surface area contributed by atoms with Crippen LogP contribution in [0.1, 0.15) is 16.2 Å². The van der Waals surface area contributed by atoms with Crippen molar-refractivity contribution < 1.29 is 14.3 Å². The summed E-state index contributed by atoms with van der Waals surface area (Å²) in [5, 5.41) is 1.79. The van der Waals surface area contributed by atoms with E-state index >= 15 is 0 Å². The van der Waals surface area contributed by atoms with Crippen LogP contribution in [0.4, 0.5) is 0 Å². The molecule has 3 heterocycles. The summed E-state index contributed by atoms with van der Waals surface area (Å²) in [6.45, 7) is 0. The summed E-state index contributed by atoms with van der Waals surface area (Å²) in [6.07, 6.45) is 1.50. The number of aryl methyl sites for hydroxylation is 1. The van der Waals surface area contributed by atoms with Gasteiger partial charge in [-0.05, 0) is 35.0 Å². The Morgan fingerprint density at radius 3 is 2.16 bits per heavy atom. The number of esters is 1. The molecule has 38 heavy (non-hydrogen) atoms. The third-order valence-electron chi connectivity index (χ3n) is 6.79. The molecule has 2 aromatic heterocycles. The number of nitrogens with zero attached hydrogens (tertiary/aromatic N) is 4. The number of Topliss-reactive ketones (excluding diaryl/α,β-unsaturated/α-hetero) is 1. The van der Waals surface area contributed by atoms with Gasteiger partial charge in [0.25, 0.3) is 0 Å². The van der Waals surface area contributed by atoms with E-state index in [1.54, 1.807) is 12.1 Å². The van der Waals surface area contributed by atoms with Crippen molar-refractivity contribution >= 4 is 39.9 Å². The first-order valence-corrected chi connectivity index (χ1v) is 12.2. The molecule has 0 atom stereocenters. The van der Waals surface area contributed by atoms with Crippen molar-refractivity contribution in [1.82, 2.24) is 19.1 Å². The minimum absolute atomic E-state index is 0.0800. The van der Waals surface area contributed by atoms with Crippen molar-refractivity contribution in [3.8, 4) is 22.8 Å². The Balaban J connectivity index is 1.42. The molecule has 0 fully saturated rings. The highest BCUT2D eigenvalue weighted by Crippen LogP contribution is 2.34. The van der Waals surface area contributed by atoms with Gasteiger partial charge in [0.05, 0.1) is 5.56 Å². The van der Waals surface area contributed by atoms with Crippen LogP contribution < -0.4 is 4.74 Å². The van der Waals surface area contributed by atoms with Crippen LogP contribution in [0.5, 0.6) is 5.75 Å². The number of ether oxygens (including phenoxy) is 1. The Morgan fingerprint density at radius 2 is 1.42 bits per heavy atom. The largest absolute Gasteiger partial charge is 0.422 e. The highest BCUT2D eigenvalue weighted by atomic mass is 16.5. The maximum atomic E-state index is 13.6. The van der Waals surface area contributed by atoms with Gasteiger partial charge in [-0.1, -0.05) is 72.8 Å². The molecule has 0 amide bonds. The predicted molar refractivity (Wildman–Crippen MR) is 145 cm³/mol. The molecule has 6 aromatic rings. The highest BCUT2D eigenvalue weighted by Gasteiger charge is 2.32. The number of rotatable bonds is 3. The summed E-state index contributed by atoms with van der Waals surface area (Å²) in [6, 6.07) is 30.6. The predicted octanol–water partition coefficient (Wildman–Crippen LogP) is 5.76. The molecular formula is C31H20N4O3. The SMILES string of the molecule is Cn1c(-c2ccccc2)nc2c1nc(/C=C1\C(=O)Oc3cc4ccccc4cc3C1=O)n2-c1ccccc1. The second-order valence-electron chi connectivity index (χ2n) is 9.12. The fourth-order valence-electron chi connectivity index (χ4n) is 4.92. The maximum absolute atomic E-state index is 13.6. The van der Waals surface area contributed by atoms with E-state index in [1.165, 1.54) is 6.08 Å². The molecule has 0 saturated heterocycles. The minimum Gasteiger partial charge on any atom is -0.422 e. The quantitative estimate of drug-likeness (QED) is 0.135. The van der Waals surface area contributed by atoms with Gasteiger partial charge in [-0.15, -0.1) is 0 Å². The van der Waals surface area contributed by atoms with E-state index in [1.807, 2.05) is 101 Å². The van der Waals surface area contributed by atoms with Crippen LogP contribution in [-0.4, -0.2) is 30.9 Å². The maximum Gasteiger partial charge on any atom is 0.347 e. The molecule has 1 aliphatic heterocycles. The average Bonchev–Trinajstić information content (AvgIpc) is 3.46. The van der Waals surface area contributed by atoms with Crippen LogP contribution in [0.15, 0.2) is 103 Å². The van der Waals surface area contributed by atoms with Crippen LogP contribution in [-0.2, 0) is 11.8 Å². The van der Waals surface area contributed by atoms with Crippen LogP contribution >= 0.6 is 0 Å². The summed E-state index contributed by atoms with van der Waals surface area (Å²) < 4.78 is 9.37. The lowest BCUT2D eigenvalue weighted by Crippen LogP contribution is -2.25. The van der Waals surface area contributed by atoms with Crippen molar-refractivity contribution in [2.24, 2.45) is 7.05 Å². The lowest BCUT2D eigenvalue weighted by Gasteiger charge is -2.18. The van der Waals surface area contributed by atoms with Gasteiger partial charge in [-0.3, -0.25) is 9.36 Å². The first kappa shape index (κ1) is 21.9. The molecule has 7 nitrogen and oxygen atoms in total. The molecule has 0 saturated carbocycles. The van der Waals surface area contributed by atoms with Crippen molar-refractivity contribution in [3.05, 3.63) is 114 Å². The van der Waals surface area contributed by atoms with Crippen molar-refractivity contribution in [1.29, 1.82) is 0 Å². The van der Waals surface area contributed by atoms with Gasteiger partial charge < -0.3 is 9.30 Å². The molecule has 7 heteroatoms. The van der Waals surface area contributed by atoms with Gasteiger partial charge in [-0.2, -0.15) is 0 Å². The van der Waals surface area contributed by atoms with Gasteiger partial charge in [0, 0.05) is 24.4 Å². The van der Waals surface area contributed by atoms with Crippen molar-refractivity contribution in [2.45, 2.75) is 0 Å². The standard InChI is InChI=1S/C31H20N4O3/c1-34-28(19-10-4-2-5-11-19)33-30-29(34)32-26(35(30)22-14-6-3-7-15-22)18-24-27(36)23-16-20-12-8-9-13-21(20)17-25(23)38-31(24)37/h2-18H,1H3/b24-18-. The second kappa shape index (κ2) is 8.38. The number of aromatic nitrogens is 4. The lowest BCUT2D eigenvalue weighted by molar-refractivity contribution is -0.130. The lowest BCUT2D eigenvalue weighted by atomic mass is 9.96. The fourth-order valence-corrected chi connectivity index (χ4v) is 4.92. The number of carbonyl (C=O) groups excluding carboxylic acids is 2. The molecule has 7 rings (SSSR count). The van der Waals surface area contributed by atoms with Crippen LogP contribution in [0.2, 0.25) is 0 Å². The zero-order valence-corrected chi connectivity index (χ0v) is 20.3. The zero-order chi connectivity index (χ0) is 25.8. The molecule has 0 radical (unpaired) electrons. The molecular weight excluding hydrogens is 476 g/mol. The highest BCUT2D eigenvalue weighted by molar-refractivity contribution is 6.30. The smallest absolute Gasteiger partial charge is 0.347 e. The third kappa shape index (κ3) is 3.37. The van der Waals surface area contributed by atoms with Crippen molar-refractivity contribution in [2.75, 3.05) is 0 Å². The average molecular weight is 497 g/mol. The summed E-state index contributed by atoms with van der Waals surface area (Å²) >= 11 is 0. The Hall–Kier alpha value is -5.30. The van der Waals surface area contributed by atoms with E-state index in [-0.39, 0.29) is 11.3 Å². The molecule has 182 valence electrons. The molecule has 0 spiro atoms. The topological polar surface area (TPSA) is 79.0 Å². The minimum atomic E-state index is -0.706. The van der Waals surface area contributed by atoms with Gasteiger partial charge in [0.2, 0.25) is 5.78 Å². The van der Waals surface area contributed by atoms with E-state index in [4.69, 9.17) is 14.7 Å². The van der Waals surface area contributed by atoms with Gasteiger partial charge >= 0.3 is 5.97 Å². The Bertz CT molecular complexity index is 1930. The van der Waals surface area contributed by atoms with Crippen LogP contribution in [0, 0.1) is 0 Å². The molecule has 0 bridgehead atoms. The summed E-state index contributed by atoms with van der Waals surface area (Å²) in [4.78, 5) is 36.3. The normalized spacial score (nSPS) is 14.3. The number of hydrogen-bond donors (Lipinski definition) is 0. The first-order valence-electron chi connectivity index (χ1n) is 12.2. The molecule has 0 N–H and O–H groups in total. The molecule has 0 aliphatic carbocycles. The van der Waals surface area contributed by atoms with Gasteiger partial charge in [0.1, 0.15) is 23.0 Å². The van der Waals surface area contributed by atoms with E-state index in [2.05, 4.69) is 0 Å². The fraction of sp³-hybridized carbons (Fsp3) is 0.0323. The van der Waals surface area contributed by atoms with E-state index in [0.717, 1.165) is 27.8 Å². The number of fused-ring (bicyclic) bond motifs is 3. The van der Waals surface area contributed by atoms with E-state index in [0.29, 0.717) is 22.7 Å². The number of carbonyl (C=O) groups is 2. The number of benzene rings is 4. The monoisotopic (exact) mass is 496 g/mol. The van der Waals surface area contributed by atoms with E-state index in [9.17, 15) is 9.59 Å². The zero-order valence-electron chi connectivity index (χ0n) is 20.3. The van der Waals surface area contributed by atoms with Crippen molar-refractivity contribution in [3.63, 3.8) is 0 Å². The number of imidazole rings is 2. The molecule has 4 aromatic carbocycles. The van der Waals surface area contributed by atoms with Gasteiger partial charge in [-0.25, -0.2) is 14.8 Å². The number of para-hydroxylation sites is 1. The summed E-state index contributed by atoms with van der Waals surface area (Å²) in [5.74, 6) is 0.338. The van der Waals surface area contributed by atoms with Crippen LogP contribution in [0.3, 0.4) is 0 Å². The van der Waals surface area contributed by atoms with E-state index < -0.39 is 11.8 Å². The second-order valence-corrected chi connectivity index (χ2v) is 9.12. The Morgan fingerprint density at radius 1 is 0.763 bits per heavy atom. The third-order valence-corrected chi connectivity index (χ3v) is 6.79. The van der Waals surface area contributed by atoms with Gasteiger partial charge in [0.15, 0.2) is 11.3 Å².